The van der Waals surface area contributed by atoms with Crippen LogP contribution < -0.4 is 19.5 Å². The highest BCUT2D eigenvalue weighted by atomic mass is 32.2. The molecule has 0 radical (unpaired) electrons. The average molecular weight is 379 g/mol. The number of aryl methyl sites for hydroxylation is 1. The van der Waals surface area contributed by atoms with Crippen LogP contribution >= 0.6 is 0 Å². The van der Waals surface area contributed by atoms with Gasteiger partial charge in [-0.15, -0.1) is 0 Å². The van der Waals surface area contributed by atoms with Crippen LogP contribution in [0.3, 0.4) is 0 Å². The minimum Gasteiger partial charge on any atom is -0.486 e. The molecule has 2 N–H and O–H groups in total. The molecule has 0 unspecified atom stereocenters. The molecule has 8 nitrogen and oxygen atoms in total. The summed E-state index contributed by atoms with van der Waals surface area (Å²) in [7, 11) is -0.657. The molecule has 140 valence electrons. The van der Waals surface area contributed by atoms with Gasteiger partial charge < -0.3 is 19.4 Å². The lowest BCUT2D eigenvalue weighted by Crippen LogP contribution is -2.28. The molecule has 0 saturated carbocycles. The molecule has 0 aliphatic carbocycles. The summed E-state index contributed by atoms with van der Waals surface area (Å²) in [5.74, 6) is 0.964. The maximum Gasteiger partial charge on any atom is 0.268 e. The highest BCUT2D eigenvalue weighted by Gasteiger charge is 2.21. The van der Waals surface area contributed by atoms with Crippen LogP contribution in [0.25, 0.3) is 0 Å². The molecular weight excluding hydrogens is 358 g/mol. The predicted octanol–water partition coefficient (Wildman–Crippen LogP) is 1.20. The number of amides is 1. The highest BCUT2D eigenvalue weighted by molar-refractivity contribution is 7.89. The number of rotatable bonds is 5. The van der Waals surface area contributed by atoms with Crippen molar-refractivity contribution < 1.29 is 22.7 Å². The summed E-state index contributed by atoms with van der Waals surface area (Å²) in [5.41, 5.74) is 1.11. The van der Waals surface area contributed by atoms with Crippen LogP contribution in [0.4, 0.5) is 0 Å². The van der Waals surface area contributed by atoms with Crippen LogP contribution in [-0.2, 0) is 17.1 Å². The molecule has 1 aliphatic heterocycles. The van der Waals surface area contributed by atoms with Crippen LogP contribution in [0, 0.1) is 0 Å². The molecule has 0 bridgehead atoms. The molecule has 1 aliphatic rings. The van der Waals surface area contributed by atoms with Crippen molar-refractivity contribution in [1.82, 2.24) is 14.6 Å². The van der Waals surface area contributed by atoms with E-state index in [2.05, 4.69) is 10.0 Å². The van der Waals surface area contributed by atoms with Gasteiger partial charge in [-0.3, -0.25) is 4.79 Å². The number of hydrogen-bond acceptors (Lipinski definition) is 5. The molecule has 1 atom stereocenters. The fourth-order valence-corrected chi connectivity index (χ4v) is 3.51. The van der Waals surface area contributed by atoms with Gasteiger partial charge in [-0.1, -0.05) is 6.07 Å². The van der Waals surface area contributed by atoms with E-state index in [-0.39, 0.29) is 22.5 Å². The maximum atomic E-state index is 12.6. The first-order valence-electron chi connectivity index (χ1n) is 8.12. The minimum absolute atomic E-state index is 0.0413. The summed E-state index contributed by atoms with van der Waals surface area (Å²) < 4.78 is 38.5. The minimum atomic E-state index is -3.61. The second-order valence-corrected chi connectivity index (χ2v) is 7.86. The quantitative estimate of drug-likeness (QED) is 0.813. The molecule has 1 amide bonds. The van der Waals surface area contributed by atoms with Crippen molar-refractivity contribution in [3.8, 4) is 11.5 Å². The molecular formula is C17H21N3O5S. The first-order chi connectivity index (χ1) is 12.3. The summed E-state index contributed by atoms with van der Waals surface area (Å²) >= 11 is 0. The van der Waals surface area contributed by atoms with E-state index in [4.69, 9.17) is 9.47 Å². The van der Waals surface area contributed by atoms with E-state index in [0.29, 0.717) is 24.7 Å². The number of hydrogen-bond donors (Lipinski definition) is 2. The molecule has 26 heavy (non-hydrogen) atoms. The van der Waals surface area contributed by atoms with Gasteiger partial charge in [0.1, 0.15) is 23.8 Å². The third-order valence-corrected chi connectivity index (χ3v) is 5.59. The van der Waals surface area contributed by atoms with Crippen molar-refractivity contribution in [3.63, 3.8) is 0 Å². The van der Waals surface area contributed by atoms with E-state index in [1.807, 2.05) is 25.1 Å². The normalized spacial score (nSPS) is 14.7. The van der Waals surface area contributed by atoms with Gasteiger partial charge in [0, 0.05) is 13.2 Å². The molecule has 2 heterocycles. The van der Waals surface area contributed by atoms with Crippen molar-refractivity contribution in [2.75, 3.05) is 20.3 Å². The number of nitrogens with one attached hydrogen (secondary N) is 2. The highest BCUT2D eigenvalue weighted by Crippen LogP contribution is 2.32. The van der Waals surface area contributed by atoms with Gasteiger partial charge in [0.25, 0.3) is 5.91 Å². The van der Waals surface area contributed by atoms with E-state index in [9.17, 15) is 13.2 Å². The zero-order chi connectivity index (χ0) is 18.9. The Hall–Kier alpha value is -2.52. The lowest BCUT2D eigenvalue weighted by atomic mass is 10.1. The Morgan fingerprint density at radius 3 is 2.58 bits per heavy atom. The number of carbonyl (C=O) groups is 1. The third kappa shape index (κ3) is 3.54. The molecule has 0 saturated heterocycles. The first-order valence-corrected chi connectivity index (χ1v) is 9.60. The van der Waals surface area contributed by atoms with Gasteiger partial charge in [-0.05, 0) is 37.7 Å². The number of carbonyl (C=O) groups excluding carboxylic acids is 1. The Labute approximate surface area is 152 Å². The van der Waals surface area contributed by atoms with Crippen LogP contribution in [0.5, 0.6) is 11.5 Å². The van der Waals surface area contributed by atoms with E-state index < -0.39 is 10.0 Å². The summed E-state index contributed by atoms with van der Waals surface area (Å²) in [6.45, 7) is 2.85. The Balaban J connectivity index is 1.78. The van der Waals surface area contributed by atoms with Crippen molar-refractivity contribution in [1.29, 1.82) is 0 Å². The SMILES string of the molecule is CNS(=O)(=O)c1cc(C(=O)N[C@H](C)c2ccc3c(c2)OCCO3)n(C)c1. The average Bonchev–Trinajstić information content (AvgIpc) is 3.04. The fourth-order valence-electron chi connectivity index (χ4n) is 2.71. The van der Waals surface area contributed by atoms with Crippen molar-refractivity contribution in [3.05, 3.63) is 41.7 Å². The molecule has 2 aromatic rings. The van der Waals surface area contributed by atoms with Gasteiger partial charge in [0.2, 0.25) is 10.0 Å². The van der Waals surface area contributed by atoms with Gasteiger partial charge in [0.05, 0.1) is 6.04 Å². The van der Waals surface area contributed by atoms with Crippen molar-refractivity contribution in [2.24, 2.45) is 7.05 Å². The molecule has 1 aromatic heterocycles. The predicted molar refractivity (Wildman–Crippen MR) is 95.0 cm³/mol. The monoisotopic (exact) mass is 379 g/mol. The van der Waals surface area contributed by atoms with E-state index in [0.717, 1.165) is 5.56 Å². The number of fused-ring (bicyclic) bond motifs is 1. The lowest BCUT2D eigenvalue weighted by molar-refractivity contribution is 0.0931. The van der Waals surface area contributed by atoms with E-state index in [1.165, 1.54) is 23.9 Å². The van der Waals surface area contributed by atoms with Crippen LogP contribution in [0.15, 0.2) is 35.4 Å². The van der Waals surface area contributed by atoms with Gasteiger partial charge in [-0.2, -0.15) is 0 Å². The Morgan fingerprint density at radius 1 is 1.19 bits per heavy atom. The molecule has 3 rings (SSSR count). The largest absolute Gasteiger partial charge is 0.486 e. The molecule has 9 heteroatoms. The van der Waals surface area contributed by atoms with Gasteiger partial charge in [0.15, 0.2) is 11.5 Å². The zero-order valence-corrected chi connectivity index (χ0v) is 15.6. The fraction of sp³-hybridized carbons (Fsp3) is 0.353. The maximum absolute atomic E-state index is 12.6. The number of aromatic nitrogens is 1. The summed E-state index contributed by atoms with van der Waals surface area (Å²) in [4.78, 5) is 12.6. The second kappa shape index (κ2) is 7.00. The van der Waals surface area contributed by atoms with Crippen LogP contribution in [-0.4, -0.2) is 39.2 Å². The first kappa shape index (κ1) is 18.3. The number of nitrogens with zero attached hydrogens (tertiary/aromatic N) is 1. The molecule has 0 spiro atoms. The van der Waals surface area contributed by atoms with E-state index >= 15 is 0 Å². The second-order valence-electron chi connectivity index (χ2n) is 5.98. The molecule has 1 aromatic carbocycles. The van der Waals surface area contributed by atoms with Crippen LogP contribution in [0.1, 0.15) is 29.0 Å². The Morgan fingerprint density at radius 2 is 1.88 bits per heavy atom. The number of sulfonamides is 1. The third-order valence-electron chi connectivity index (χ3n) is 4.21. The zero-order valence-electron chi connectivity index (χ0n) is 14.8. The standard InChI is InChI=1S/C17H21N3O5S/c1-11(12-4-5-15-16(8-12)25-7-6-24-15)19-17(21)14-9-13(10-20(14)3)26(22,23)18-2/h4-5,8-11,18H,6-7H2,1-3H3,(H,19,21)/t11-/m1/s1. The summed E-state index contributed by atoms with van der Waals surface area (Å²) in [6, 6.07) is 6.56. The van der Waals surface area contributed by atoms with Crippen molar-refractivity contribution in [2.45, 2.75) is 17.9 Å². The summed E-state index contributed by atoms with van der Waals surface area (Å²) in [6.07, 6.45) is 1.40. The van der Waals surface area contributed by atoms with E-state index in [1.54, 1.807) is 7.05 Å². The topological polar surface area (TPSA) is 98.7 Å². The number of benzene rings is 1. The van der Waals surface area contributed by atoms with Gasteiger partial charge >= 0.3 is 0 Å². The van der Waals surface area contributed by atoms with Crippen LogP contribution in [0.2, 0.25) is 0 Å². The van der Waals surface area contributed by atoms with Crippen molar-refractivity contribution >= 4 is 15.9 Å². The smallest absolute Gasteiger partial charge is 0.268 e. The number of ether oxygens (including phenoxy) is 2. The van der Waals surface area contributed by atoms with Gasteiger partial charge in [-0.25, -0.2) is 13.1 Å². The molecule has 0 fully saturated rings. The summed E-state index contributed by atoms with van der Waals surface area (Å²) in [5, 5.41) is 2.87. The Kier molecular flexibility index (Phi) is 4.92. The lowest BCUT2D eigenvalue weighted by Gasteiger charge is -2.21. The Bertz CT molecular complexity index is 936.